The Hall–Kier alpha value is -0.690. The number of morpholine rings is 1. The summed E-state index contributed by atoms with van der Waals surface area (Å²) in [4.78, 5) is 14.0. The summed E-state index contributed by atoms with van der Waals surface area (Å²) in [5.41, 5.74) is 5.58. The maximum absolute atomic E-state index is 11.9. The molecule has 2 saturated heterocycles. The molecule has 0 bridgehead atoms. The highest BCUT2D eigenvalue weighted by atomic mass is 16.5. The second-order valence-electron chi connectivity index (χ2n) is 4.92. The fraction of sp³-hybridized carbons (Fsp3) is 0.917. The first-order chi connectivity index (χ1) is 8.78. The minimum absolute atomic E-state index is 0.0645. The standard InChI is InChI=1S/C12H23N3O3/c13-7-11-8-15(3-6-18-11)9-12(16)14-10-1-4-17-5-2-10/h10-11H,1-9,13H2,(H,14,16). The summed E-state index contributed by atoms with van der Waals surface area (Å²) in [6, 6.07) is 0.276. The smallest absolute Gasteiger partial charge is 0.234 e. The zero-order valence-electron chi connectivity index (χ0n) is 10.8. The van der Waals surface area contributed by atoms with E-state index in [-0.39, 0.29) is 18.1 Å². The molecule has 0 aliphatic carbocycles. The first kappa shape index (κ1) is 13.7. The van der Waals surface area contributed by atoms with Gasteiger partial charge in [-0.15, -0.1) is 0 Å². The normalized spacial score (nSPS) is 27.1. The zero-order valence-corrected chi connectivity index (χ0v) is 10.8. The van der Waals surface area contributed by atoms with Crippen LogP contribution in [0.15, 0.2) is 0 Å². The number of nitrogens with two attached hydrogens (primary N) is 1. The lowest BCUT2D eigenvalue weighted by molar-refractivity contribution is -0.125. The van der Waals surface area contributed by atoms with Gasteiger partial charge in [-0.3, -0.25) is 9.69 Å². The van der Waals surface area contributed by atoms with E-state index in [4.69, 9.17) is 15.2 Å². The lowest BCUT2D eigenvalue weighted by Crippen LogP contribution is -2.50. The van der Waals surface area contributed by atoms with Crippen LogP contribution in [0.4, 0.5) is 0 Å². The van der Waals surface area contributed by atoms with Gasteiger partial charge in [0.05, 0.1) is 19.3 Å². The van der Waals surface area contributed by atoms with Gasteiger partial charge in [-0.05, 0) is 12.8 Å². The number of rotatable bonds is 4. The molecule has 1 amide bonds. The van der Waals surface area contributed by atoms with Gasteiger partial charge < -0.3 is 20.5 Å². The number of carbonyl (C=O) groups excluding carboxylic acids is 1. The molecule has 0 radical (unpaired) electrons. The van der Waals surface area contributed by atoms with Crippen molar-refractivity contribution in [2.75, 3.05) is 46.0 Å². The number of carbonyl (C=O) groups is 1. The molecule has 18 heavy (non-hydrogen) atoms. The fourth-order valence-electron chi connectivity index (χ4n) is 2.38. The monoisotopic (exact) mass is 257 g/mol. The Bertz CT molecular complexity index is 269. The Morgan fingerprint density at radius 3 is 2.83 bits per heavy atom. The highest BCUT2D eigenvalue weighted by Gasteiger charge is 2.22. The van der Waals surface area contributed by atoms with Gasteiger partial charge in [0, 0.05) is 38.9 Å². The first-order valence-electron chi connectivity index (χ1n) is 6.69. The predicted molar refractivity (Wildman–Crippen MR) is 67.2 cm³/mol. The average Bonchev–Trinajstić information content (AvgIpc) is 2.40. The summed E-state index contributed by atoms with van der Waals surface area (Å²) < 4.78 is 10.7. The van der Waals surface area contributed by atoms with E-state index in [9.17, 15) is 4.79 Å². The number of hydrogen-bond donors (Lipinski definition) is 2. The third kappa shape index (κ3) is 4.20. The van der Waals surface area contributed by atoms with E-state index in [0.717, 1.165) is 39.1 Å². The summed E-state index contributed by atoms with van der Waals surface area (Å²) in [7, 11) is 0. The van der Waals surface area contributed by atoms with Crippen LogP contribution in [0.1, 0.15) is 12.8 Å². The maximum Gasteiger partial charge on any atom is 0.234 e. The van der Waals surface area contributed by atoms with Crippen LogP contribution in [0.2, 0.25) is 0 Å². The van der Waals surface area contributed by atoms with Gasteiger partial charge in [-0.1, -0.05) is 0 Å². The number of hydrogen-bond acceptors (Lipinski definition) is 5. The Morgan fingerprint density at radius 2 is 2.11 bits per heavy atom. The molecule has 0 aromatic carbocycles. The van der Waals surface area contributed by atoms with E-state index in [1.54, 1.807) is 0 Å². The molecule has 2 rings (SSSR count). The van der Waals surface area contributed by atoms with E-state index < -0.39 is 0 Å². The topological polar surface area (TPSA) is 76.8 Å². The molecule has 0 aromatic heterocycles. The highest BCUT2D eigenvalue weighted by molar-refractivity contribution is 5.78. The Kier molecular flexibility index (Phi) is 5.37. The van der Waals surface area contributed by atoms with Crippen LogP contribution in [0.3, 0.4) is 0 Å². The van der Waals surface area contributed by atoms with Gasteiger partial charge >= 0.3 is 0 Å². The number of amides is 1. The van der Waals surface area contributed by atoms with Crippen molar-refractivity contribution in [3.63, 3.8) is 0 Å². The Labute approximate surface area is 108 Å². The molecule has 6 heteroatoms. The molecule has 3 N–H and O–H groups in total. The van der Waals surface area contributed by atoms with Gasteiger partial charge in [-0.25, -0.2) is 0 Å². The lowest BCUT2D eigenvalue weighted by Gasteiger charge is -2.32. The molecule has 6 nitrogen and oxygen atoms in total. The van der Waals surface area contributed by atoms with Crippen molar-refractivity contribution in [3.05, 3.63) is 0 Å². The van der Waals surface area contributed by atoms with Crippen molar-refractivity contribution in [2.45, 2.75) is 25.0 Å². The van der Waals surface area contributed by atoms with E-state index in [1.165, 1.54) is 0 Å². The number of nitrogens with zero attached hydrogens (tertiary/aromatic N) is 1. The lowest BCUT2D eigenvalue weighted by atomic mass is 10.1. The van der Waals surface area contributed by atoms with Crippen LogP contribution in [-0.2, 0) is 14.3 Å². The van der Waals surface area contributed by atoms with Gasteiger partial charge in [0.2, 0.25) is 5.91 Å². The third-order valence-electron chi connectivity index (χ3n) is 3.44. The average molecular weight is 257 g/mol. The van der Waals surface area contributed by atoms with Gasteiger partial charge in [0.1, 0.15) is 0 Å². The van der Waals surface area contributed by atoms with Gasteiger partial charge in [-0.2, -0.15) is 0 Å². The minimum atomic E-state index is 0.0645. The van der Waals surface area contributed by atoms with Gasteiger partial charge in [0.15, 0.2) is 0 Å². The summed E-state index contributed by atoms with van der Waals surface area (Å²) >= 11 is 0. The minimum Gasteiger partial charge on any atom is -0.381 e. The highest BCUT2D eigenvalue weighted by Crippen LogP contribution is 2.07. The van der Waals surface area contributed by atoms with E-state index in [2.05, 4.69) is 10.2 Å². The third-order valence-corrected chi connectivity index (χ3v) is 3.44. The van der Waals surface area contributed by atoms with Crippen LogP contribution < -0.4 is 11.1 Å². The predicted octanol–water partition coefficient (Wildman–Crippen LogP) is -1.06. The molecule has 1 unspecified atom stereocenters. The SMILES string of the molecule is NCC1CN(CC(=O)NC2CCOCC2)CCO1. The molecule has 0 saturated carbocycles. The van der Waals surface area contributed by atoms with Crippen molar-refractivity contribution in [1.82, 2.24) is 10.2 Å². The zero-order chi connectivity index (χ0) is 12.8. The second kappa shape index (κ2) is 7.04. The van der Waals surface area contributed by atoms with Crippen LogP contribution in [0.25, 0.3) is 0 Å². The molecule has 0 spiro atoms. The molecule has 104 valence electrons. The largest absolute Gasteiger partial charge is 0.381 e. The molecule has 2 aliphatic rings. The summed E-state index contributed by atoms with van der Waals surface area (Å²) in [5.74, 6) is 0.0968. The van der Waals surface area contributed by atoms with Crippen LogP contribution >= 0.6 is 0 Å². The van der Waals surface area contributed by atoms with Crippen molar-refractivity contribution in [1.29, 1.82) is 0 Å². The quantitative estimate of drug-likeness (QED) is 0.671. The molecular weight excluding hydrogens is 234 g/mol. The van der Waals surface area contributed by atoms with Crippen LogP contribution in [0.5, 0.6) is 0 Å². The molecular formula is C12H23N3O3. The van der Waals surface area contributed by atoms with E-state index >= 15 is 0 Å². The number of ether oxygens (including phenoxy) is 2. The van der Waals surface area contributed by atoms with Crippen LogP contribution in [-0.4, -0.2) is 69.0 Å². The molecule has 2 aliphatic heterocycles. The Balaban J connectivity index is 1.69. The number of nitrogens with one attached hydrogen (secondary N) is 1. The van der Waals surface area contributed by atoms with E-state index in [0.29, 0.717) is 19.7 Å². The van der Waals surface area contributed by atoms with Crippen molar-refractivity contribution in [3.8, 4) is 0 Å². The molecule has 1 atom stereocenters. The van der Waals surface area contributed by atoms with Crippen LogP contribution in [0, 0.1) is 0 Å². The van der Waals surface area contributed by atoms with Crippen molar-refractivity contribution < 1.29 is 14.3 Å². The fourth-order valence-corrected chi connectivity index (χ4v) is 2.38. The maximum atomic E-state index is 11.9. The molecule has 0 aromatic rings. The van der Waals surface area contributed by atoms with Crippen molar-refractivity contribution in [2.24, 2.45) is 5.73 Å². The van der Waals surface area contributed by atoms with Crippen molar-refractivity contribution >= 4 is 5.91 Å². The molecule has 2 fully saturated rings. The Morgan fingerprint density at radius 1 is 1.33 bits per heavy atom. The molecule has 2 heterocycles. The van der Waals surface area contributed by atoms with Gasteiger partial charge in [0.25, 0.3) is 0 Å². The summed E-state index contributed by atoms with van der Waals surface area (Å²) in [6.45, 7) is 4.66. The first-order valence-corrected chi connectivity index (χ1v) is 6.69. The second-order valence-corrected chi connectivity index (χ2v) is 4.92. The van der Waals surface area contributed by atoms with E-state index in [1.807, 2.05) is 0 Å². The summed E-state index contributed by atoms with van der Waals surface area (Å²) in [6.07, 6.45) is 1.90. The summed E-state index contributed by atoms with van der Waals surface area (Å²) in [5, 5.41) is 3.07.